The number of phenolic OH excluding ortho intramolecular Hbond substituents is 1. The van der Waals surface area contributed by atoms with Gasteiger partial charge in [-0.25, -0.2) is 9.97 Å². The lowest BCUT2D eigenvalue weighted by atomic mass is 9.89. The first-order valence-corrected chi connectivity index (χ1v) is 14.4. The molecule has 0 radical (unpaired) electrons. The summed E-state index contributed by atoms with van der Waals surface area (Å²) in [4.78, 5) is 18.9. The summed E-state index contributed by atoms with van der Waals surface area (Å²) in [5.41, 5.74) is 1.84. The average molecular weight is 508 g/mol. The van der Waals surface area contributed by atoms with Crippen molar-refractivity contribution in [3.8, 4) is 17.1 Å². The second kappa shape index (κ2) is 11.0. The van der Waals surface area contributed by atoms with Gasteiger partial charge in [-0.2, -0.15) is 0 Å². The Kier molecular flexibility index (Phi) is 7.37. The summed E-state index contributed by atoms with van der Waals surface area (Å²) in [6.07, 6.45) is 7.16. The molecular weight excluding hydrogens is 470 g/mol. The zero-order chi connectivity index (χ0) is 24.3. The fraction of sp³-hybridized carbons (Fsp3) is 0.571. The van der Waals surface area contributed by atoms with Crippen molar-refractivity contribution in [2.45, 2.75) is 38.6 Å². The van der Waals surface area contributed by atoms with Crippen molar-refractivity contribution in [2.24, 2.45) is 5.92 Å². The third kappa shape index (κ3) is 5.52. The van der Waals surface area contributed by atoms with Crippen molar-refractivity contribution >= 4 is 27.4 Å². The summed E-state index contributed by atoms with van der Waals surface area (Å²) < 4.78 is 6.76. The van der Waals surface area contributed by atoms with E-state index in [1.54, 1.807) is 12.1 Å². The molecule has 0 unspecified atom stereocenters. The van der Waals surface area contributed by atoms with Gasteiger partial charge < -0.3 is 19.6 Å². The Morgan fingerprint density at radius 2 is 1.69 bits per heavy atom. The van der Waals surface area contributed by atoms with Crippen LogP contribution in [0.4, 0.5) is 5.82 Å². The Balaban J connectivity index is 1.19. The molecule has 1 saturated carbocycles. The van der Waals surface area contributed by atoms with E-state index < -0.39 is 0 Å². The Bertz CT molecular complexity index is 1160. The van der Waals surface area contributed by atoms with Crippen LogP contribution in [0.1, 0.15) is 37.0 Å². The summed E-state index contributed by atoms with van der Waals surface area (Å²) in [7, 11) is 0. The third-order valence-electron chi connectivity index (χ3n) is 7.91. The predicted molar refractivity (Wildman–Crippen MR) is 146 cm³/mol. The molecule has 3 aromatic rings. The highest BCUT2D eigenvalue weighted by Crippen LogP contribution is 2.35. The number of hydrogen-bond acceptors (Lipinski definition) is 8. The van der Waals surface area contributed by atoms with Crippen LogP contribution < -0.4 is 4.90 Å². The Hall–Kier alpha value is -2.26. The molecule has 2 saturated heterocycles. The van der Waals surface area contributed by atoms with Crippen LogP contribution in [0.25, 0.3) is 21.6 Å². The Morgan fingerprint density at radius 1 is 0.917 bits per heavy atom. The van der Waals surface area contributed by atoms with Crippen molar-refractivity contribution < 1.29 is 9.84 Å². The number of phenols is 1. The highest BCUT2D eigenvalue weighted by molar-refractivity contribution is 7.19. The minimum atomic E-state index is 0.234. The second-order valence-corrected chi connectivity index (χ2v) is 11.7. The molecule has 0 spiro atoms. The van der Waals surface area contributed by atoms with Gasteiger partial charge in [-0.3, -0.25) is 4.90 Å². The highest BCUT2D eigenvalue weighted by Gasteiger charge is 2.24. The van der Waals surface area contributed by atoms with Crippen LogP contribution in [0.3, 0.4) is 0 Å². The molecule has 1 N–H and O–H groups in total. The van der Waals surface area contributed by atoms with E-state index in [0.29, 0.717) is 5.82 Å². The molecule has 0 bridgehead atoms. The molecule has 0 amide bonds. The van der Waals surface area contributed by atoms with Gasteiger partial charge in [0.05, 0.1) is 23.4 Å². The lowest BCUT2D eigenvalue weighted by Gasteiger charge is -2.37. The van der Waals surface area contributed by atoms with E-state index in [0.717, 1.165) is 73.5 Å². The van der Waals surface area contributed by atoms with Gasteiger partial charge in [0.15, 0.2) is 11.6 Å². The number of fused-ring (bicyclic) bond motifs is 1. The van der Waals surface area contributed by atoms with E-state index in [2.05, 4.69) is 20.8 Å². The molecule has 4 heterocycles. The molecule has 2 aliphatic heterocycles. The zero-order valence-corrected chi connectivity index (χ0v) is 21.9. The minimum absolute atomic E-state index is 0.234. The maximum Gasteiger partial charge on any atom is 0.162 e. The van der Waals surface area contributed by atoms with Gasteiger partial charge >= 0.3 is 0 Å². The minimum Gasteiger partial charge on any atom is -0.508 e. The Labute approximate surface area is 217 Å². The van der Waals surface area contributed by atoms with Crippen LogP contribution in [0.5, 0.6) is 5.75 Å². The summed E-state index contributed by atoms with van der Waals surface area (Å²) in [5, 5.41) is 10.0. The molecule has 3 aliphatic rings. The quantitative estimate of drug-likeness (QED) is 0.523. The molecule has 0 atom stereocenters. The van der Waals surface area contributed by atoms with E-state index in [1.807, 2.05) is 23.5 Å². The van der Waals surface area contributed by atoms with Crippen molar-refractivity contribution in [1.82, 2.24) is 19.8 Å². The van der Waals surface area contributed by atoms with Gasteiger partial charge in [0, 0.05) is 62.8 Å². The number of piperazine rings is 1. The van der Waals surface area contributed by atoms with Crippen molar-refractivity contribution in [1.29, 1.82) is 0 Å². The van der Waals surface area contributed by atoms with Gasteiger partial charge in [-0.05, 0) is 37.0 Å². The normalized spacial score (nSPS) is 20.8. The first-order chi connectivity index (χ1) is 17.7. The van der Waals surface area contributed by atoms with Crippen molar-refractivity contribution in [2.75, 3.05) is 63.9 Å². The van der Waals surface area contributed by atoms with E-state index in [1.165, 1.54) is 56.6 Å². The van der Waals surface area contributed by atoms with Crippen molar-refractivity contribution in [3.63, 3.8) is 0 Å². The predicted octanol–water partition coefficient (Wildman–Crippen LogP) is 4.60. The van der Waals surface area contributed by atoms with Gasteiger partial charge in [0.1, 0.15) is 5.75 Å². The number of ether oxygens (including phenoxy) is 1. The maximum absolute atomic E-state index is 10.0. The number of morpholine rings is 1. The topological polar surface area (TPSA) is 65.0 Å². The number of nitrogens with zero attached hydrogens (tertiary/aromatic N) is 5. The van der Waals surface area contributed by atoms with E-state index in [4.69, 9.17) is 14.7 Å². The number of thiophene rings is 1. The number of hydrogen-bond donors (Lipinski definition) is 1. The number of aromatic nitrogens is 2. The molecule has 6 rings (SSSR count). The molecule has 192 valence electrons. The standard InChI is InChI=1S/C28H37N5O2S/c34-23-8-4-7-22(17-23)27-29-25-18-24(36-26(25)28(30-27)33-13-15-35-16-14-33)20-32-11-9-31(10-12-32)19-21-5-2-1-3-6-21/h4,7-8,17-18,21,34H,1-3,5-6,9-16,19-20H2. The van der Waals surface area contributed by atoms with Crippen LogP contribution in [0, 0.1) is 5.92 Å². The number of rotatable bonds is 6. The van der Waals surface area contributed by atoms with Gasteiger partial charge in [-0.15, -0.1) is 11.3 Å². The third-order valence-corrected chi connectivity index (χ3v) is 9.01. The molecule has 36 heavy (non-hydrogen) atoms. The molecule has 3 fully saturated rings. The van der Waals surface area contributed by atoms with E-state index >= 15 is 0 Å². The van der Waals surface area contributed by atoms with Gasteiger partial charge in [-0.1, -0.05) is 31.4 Å². The first kappa shape index (κ1) is 24.1. The fourth-order valence-corrected chi connectivity index (χ4v) is 7.05. The second-order valence-electron chi connectivity index (χ2n) is 10.5. The first-order valence-electron chi connectivity index (χ1n) is 13.6. The monoisotopic (exact) mass is 507 g/mol. The molecule has 7 nitrogen and oxygen atoms in total. The summed E-state index contributed by atoms with van der Waals surface area (Å²) in [6.45, 7) is 10.0. The molecule has 1 aliphatic carbocycles. The summed E-state index contributed by atoms with van der Waals surface area (Å²) in [5.74, 6) is 2.82. The summed E-state index contributed by atoms with van der Waals surface area (Å²) >= 11 is 1.84. The smallest absolute Gasteiger partial charge is 0.162 e. The number of anilines is 1. The molecule has 8 heteroatoms. The highest BCUT2D eigenvalue weighted by atomic mass is 32.1. The number of benzene rings is 1. The average Bonchev–Trinajstić information content (AvgIpc) is 3.33. The van der Waals surface area contributed by atoms with Crippen LogP contribution in [0.2, 0.25) is 0 Å². The fourth-order valence-electron chi connectivity index (χ4n) is 5.89. The van der Waals surface area contributed by atoms with E-state index in [-0.39, 0.29) is 5.75 Å². The Morgan fingerprint density at radius 3 is 2.47 bits per heavy atom. The van der Waals surface area contributed by atoms with Crippen LogP contribution in [-0.4, -0.2) is 83.9 Å². The van der Waals surface area contributed by atoms with Crippen molar-refractivity contribution in [3.05, 3.63) is 35.2 Å². The maximum atomic E-state index is 10.0. The van der Waals surface area contributed by atoms with Crippen LogP contribution in [-0.2, 0) is 11.3 Å². The molecular formula is C28H37N5O2S. The molecule has 2 aromatic heterocycles. The SMILES string of the molecule is Oc1cccc(-c2nc(N3CCOCC3)c3sc(CN4CCN(CC5CCCCC5)CC4)cc3n2)c1. The lowest BCUT2D eigenvalue weighted by Crippen LogP contribution is -2.47. The lowest BCUT2D eigenvalue weighted by molar-refractivity contribution is 0.106. The largest absolute Gasteiger partial charge is 0.508 e. The molecule has 1 aromatic carbocycles. The zero-order valence-electron chi connectivity index (χ0n) is 21.1. The summed E-state index contributed by atoms with van der Waals surface area (Å²) in [6, 6.07) is 9.49. The van der Waals surface area contributed by atoms with Crippen LogP contribution in [0.15, 0.2) is 30.3 Å². The van der Waals surface area contributed by atoms with Gasteiger partial charge in [0.25, 0.3) is 0 Å². The van der Waals surface area contributed by atoms with Gasteiger partial charge in [0.2, 0.25) is 0 Å². The number of aromatic hydroxyl groups is 1. The van der Waals surface area contributed by atoms with Crippen LogP contribution >= 0.6 is 11.3 Å². The van der Waals surface area contributed by atoms with E-state index in [9.17, 15) is 5.11 Å².